The van der Waals surface area contributed by atoms with Crippen LogP contribution < -0.4 is 5.32 Å². The molecule has 3 rings (SSSR count). The molecule has 2 aliphatic heterocycles. The van der Waals surface area contributed by atoms with Gasteiger partial charge < -0.3 is 15.0 Å². The lowest BCUT2D eigenvalue weighted by molar-refractivity contribution is -0.0127. The average molecular weight is 252 g/mol. The average Bonchev–Trinajstić information content (AvgIpc) is 3.22. The van der Waals surface area contributed by atoms with Gasteiger partial charge in [-0.05, 0) is 64.0 Å². The van der Waals surface area contributed by atoms with E-state index in [1.54, 1.807) is 0 Å². The molecule has 2 unspecified atom stereocenters. The van der Waals surface area contributed by atoms with E-state index in [9.17, 15) is 0 Å². The molecule has 0 amide bonds. The van der Waals surface area contributed by atoms with Gasteiger partial charge in [0.1, 0.15) is 0 Å². The summed E-state index contributed by atoms with van der Waals surface area (Å²) in [4.78, 5) is 2.65. The maximum Gasteiger partial charge on any atom is 0.0702 e. The maximum atomic E-state index is 5.87. The van der Waals surface area contributed by atoms with Gasteiger partial charge in [0, 0.05) is 25.7 Å². The second-order valence-electron chi connectivity index (χ2n) is 6.44. The summed E-state index contributed by atoms with van der Waals surface area (Å²) < 4.78 is 5.87. The molecule has 3 aliphatic rings. The van der Waals surface area contributed by atoms with Crippen LogP contribution in [0.2, 0.25) is 0 Å². The zero-order chi connectivity index (χ0) is 12.2. The fourth-order valence-corrected chi connectivity index (χ4v) is 3.34. The van der Waals surface area contributed by atoms with Crippen LogP contribution in [0.5, 0.6) is 0 Å². The molecule has 1 saturated carbocycles. The summed E-state index contributed by atoms with van der Waals surface area (Å²) in [5.74, 6) is 0.878. The number of hydrogen-bond donors (Lipinski definition) is 1. The molecule has 3 fully saturated rings. The highest BCUT2D eigenvalue weighted by Gasteiger charge is 2.26. The molecule has 2 atom stereocenters. The van der Waals surface area contributed by atoms with Crippen molar-refractivity contribution in [3.05, 3.63) is 0 Å². The van der Waals surface area contributed by atoms with Gasteiger partial charge in [-0.25, -0.2) is 0 Å². The lowest BCUT2D eigenvalue weighted by Crippen LogP contribution is -2.44. The summed E-state index contributed by atoms with van der Waals surface area (Å²) in [6.45, 7) is 6.00. The first-order valence-corrected chi connectivity index (χ1v) is 7.97. The minimum absolute atomic E-state index is 0.522. The highest BCUT2D eigenvalue weighted by Crippen LogP contribution is 2.22. The topological polar surface area (TPSA) is 24.5 Å². The molecular formula is C15H28N2O. The Labute approximate surface area is 111 Å². The van der Waals surface area contributed by atoms with E-state index in [2.05, 4.69) is 10.2 Å². The van der Waals surface area contributed by atoms with E-state index in [1.165, 1.54) is 71.1 Å². The summed E-state index contributed by atoms with van der Waals surface area (Å²) in [6, 6.07) is 0.863. The lowest BCUT2D eigenvalue weighted by Gasteiger charge is -2.36. The largest absolute Gasteiger partial charge is 0.377 e. The minimum Gasteiger partial charge on any atom is -0.377 e. The molecule has 2 heterocycles. The van der Waals surface area contributed by atoms with Crippen LogP contribution in [-0.4, -0.2) is 49.8 Å². The molecule has 3 nitrogen and oxygen atoms in total. The third kappa shape index (κ3) is 3.94. The Morgan fingerprint density at radius 3 is 2.78 bits per heavy atom. The van der Waals surface area contributed by atoms with Crippen LogP contribution in [0.1, 0.15) is 44.9 Å². The van der Waals surface area contributed by atoms with Gasteiger partial charge in [-0.3, -0.25) is 0 Å². The van der Waals surface area contributed by atoms with E-state index in [0.29, 0.717) is 6.10 Å². The highest BCUT2D eigenvalue weighted by molar-refractivity contribution is 4.84. The van der Waals surface area contributed by atoms with Crippen molar-refractivity contribution in [3.8, 4) is 0 Å². The van der Waals surface area contributed by atoms with E-state index in [-0.39, 0.29) is 0 Å². The molecule has 3 heteroatoms. The van der Waals surface area contributed by atoms with Crippen molar-refractivity contribution >= 4 is 0 Å². The van der Waals surface area contributed by atoms with Gasteiger partial charge in [-0.2, -0.15) is 0 Å². The number of rotatable bonds is 5. The Balaban J connectivity index is 1.38. The molecule has 1 aliphatic carbocycles. The van der Waals surface area contributed by atoms with E-state index < -0.39 is 0 Å². The van der Waals surface area contributed by atoms with Crippen molar-refractivity contribution in [2.75, 3.05) is 32.8 Å². The minimum atomic E-state index is 0.522. The fourth-order valence-electron chi connectivity index (χ4n) is 3.34. The van der Waals surface area contributed by atoms with Crippen LogP contribution in [0.3, 0.4) is 0 Å². The van der Waals surface area contributed by atoms with Crippen LogP contribution >= 0.6 is 0 Å². The fraction of sp³-hybridized carbons (Fsp3) is 1.00. The second-order valence-corrected chi connectivity index (χ2v) is 6.44. The first-order chi connectivity index (χ1) is 8.90. The third-order valence-electron chi connectivity index (χ3n) is 4.61. The third-order valence-corrected chi connectivity index (χ3v) is 4.61. The van der Waals surface area contributed by atoms with Gasteiger partial charge in [0.2, 0.25) is 0 Å². The van der Waals surface area contributed by atoms with Gasteiger partial charge in [-0.15, -0.1) is 0 Å². The van der Waals surface area contributed by atoms with Crippen molar-refractivity contribution in [2.45, 2.75) is 57.1 Å². The molecule has 0 bridgehead atoms. The molecule has 104 valence electrons. The number of likely N-dealkylation sites (tertiary alicyclic amines) is 1. The van der Waals surface area contributed by atoms with Crippen LogP contribution in [-0.2, 0) is 4.74 Å². The Kier molecular flexibility index (Phi) is 4.55. The van der Waals surface area contributed by atoms with Crippen LogP contribution in [0.25, 0.3) is 0 Å². The number of ether oxygens (including phenoxy) is 1. The zero-order valence-corrected chi connectivity index (χ0v) is 11.6. The van der Waals surface area contributed by atoms with Gasteiger partial charge in [-0.1, -0.05) is 0 Å². The van der Waals surface area contributed by atoms with Gasteiger partial charge in [0.15, 0.2) is 0 Å². The first kappa shape index (κ1) is 12.9. The molecular weight excluding hydrogens is 224 g/mol. The van der Waals surface area contributed by atoms with E-state index in [1.807, 2.05) is 0 Å². The number of nitrogens with zero attached hydrogens (tertiary/aromatic N) is 1. The molecule has 0 aromatic carbocycles. The second kappa shape index (κ2) is 6.36. The summed E-state index contributed by atoms with van der Waals surface area (Å²) >= 11 is 0. The van der Waals surface area contributed by atoms with Crippen molar-refractivity contribution < 1.29 is 4.74 Å². The predicted octanol–water partition coefficient (Wildman–Crippen LogP) is 2.02. The predicted molar refractivity (Wildman–Crippen MR) is 73.8 cm³/mol. The van der Waals surface area contributed by atoms with Gasteiger partial charge >= 0.3 is 0 Å². The number of piperidine rings is 1. The Bertz CT molecular complexity index is 249. The molecule has 0 aromatic rings. The van der Waals surface area contributed by atoms with Crippen LogP contribution in [0.15, 0.2) is 0 Å². The zero-order valence-electron chi connectivity index (χ0n) is 11.6. The Morgan fingerprint density at radius 2 is 2.00 bits per heavy atom. The lowest BCUT2D eigenvalue weighted by atomic mass is 9.97. The van der Waals surface area contributed by atoms with Crippen LogP contribution in [0, 0.1) is 5.92 Å². The summed E-state index contributed by atoms with van der Waals surface area (Å²) in [5, 5.41) is 3.69. The van der Waals surface area contributed by atoms with E-state index in [0.717, 1.165) is 18.6 Å². The van der Waals surface area contributed by atoms with Gasteiger partial charge in [0.05, 0.1) is 6.10 Å². The van der Waals surface area contributed by atoms with Gasteiger partial charge in [0.25, 0.3) is 0 Å². The molecule has 0 spiro atoms. The van der Waals surface area contributed by atoms with Crippen molar-refractivity contribution in [1.82, 2.24) is 10.2 Å². The number of hydrogen-bond acceptors (Lipinski definition) is 3. The maximum absolute atomic E-state index is 5.87. The molecule has 0 radical (unpaired) electrons. The summed E-state index contributed by atoms with van der Waals surface area (Å²) in [6.07, 6.45) is 10.1. The van der Waals surface area contributed by atoms with E-state index in [4.69, 9.17) is 4.74 Å². The molecule has 18 heavy (non-hydrogen) atoms. The summed E-state index contributed by atoms with van der Waals surface area (Å²) in [5.41, 5.74) is 0. The van der Waals surface area contributed by atoms with Crippen molar-refractivity contribution in [2.24, 2.45) is 5.92 Å². The Hall–Kier alpha value is -0.120. The summed E-state index contributed by atoms with van der Waals surface area (Å²) in [7, 11) is 0. The quantitative estimate of drug-likeness (QED) is 0.810. The normalized spacial score (nSPS) is 34.7. The van der Waals surface area contributed by atoms with E-state index >= 15 is 0 Å². The number of nitrogens with one attached hydrogen (secondary N) is 1. The SMILES string of the molecule is C1CCC(CN2CCCC(CNC3CC3)C2)OC1. The smallest absolute Gasteiger partial charge is 0.0702 e. The van der Waals surface area contributed by atoms with Crippen molar-refractivity contribution in [1.29, 1.82) is 0 Å². The monoisotopic (exact) mass is 252 g/mol. The van der Waals surface area contributed by atoms with Crippen molar-refractivity contribution in [3.63, 3.8) is 0 Å². The first-order valence-electron chi connectivity index (χ1n) is 7.97. The Morgan fingerprint density at radius 1 is 1.06 bits per heavy atom. The molecule has 2 saturated heterocycles. The van der Waals surface area contributed by atoms with Crippen LogP contribution in [0.4, 0.5) is 0 Å². The highest BCUT2D eigenvalue weighted by atomic mass is 16.5. The molecule has 0 aromatic heterocycles. The molecule has 1 N–H and O–H groups in total. The standard InChI is InChI=1S/C15H28N2O/c1-2-9-18-15(5-1)12-17-8-3-4-13(11-17)10-16-14-6-7-14/h13-16H,1-12H2.